The maximum absolute atomic E-state index is 12.7. The van der Waals surface area contributed by atoms with Crippen molar-refractivity contribution >= 4 is 167 Å². The second-order valence-corrected chi connectivity index (χ2v) is 29.2. The monoisotopic (exact) mass is 1340 g/mol. The van der Waals surface area contributed by atoms with Crippen LogP contribution in [0.4, 0.5) is 39.3 Å². The van der Waals surface area contributed by atoms with E-state index in [9.17, 15) is 93.0 Å². The number of thiazole rings is 1. The van der Waals surface area contributed by atoms with Gasteiger partial charge in [-0.15, -0.1) is 37.3 Å². The molecule has 0 aliphatic carbocycles. The summed E-state index contributed by atoms with van der Waals surface area (Å²) < 4.78 is 212. The minimum absolute atomic E-state index is 0.0145. The highest BCUT2D eigenvalue weighted by Gasteiger charge is 2.29. The van der Waals surface area contributed by atoms with Crippen molar-refractivity contribution in [1.82, 2.24) is 14.4 Å². The van der Waals surface area contributed by atoms with Gasteiger partial charge in [-0.3, -0.25) is 36.5 Å². The number of imidazole rings is 1. The Kier molecular flexibility index (Phi) is 17.9. The van der Waals surface area contributed by atoms with Crippen LogP contribution in [-0.4, -0.2) is 127 Å². The average Bonchev–Trinajstić information content (AvgIpc) is 1.54. The lowest BCUT2D eigenvalue weighted by atomic mass is 10.1. The van der Waals surface area contributed by atoms with Crippen LogP contribution < -0.4 is 10.1 Å². The Labute approximate surface area is 494 Å². The maximum Gasteiger partial charge on any atom is 0.296 e. The van der Waals surface area contributed by atoms with Crippen molar-refractivity contribution < 1.29 is 92.5 Å². The van der Waals surface area contributed by atoms with Crippen molar-refractivity contribution in [3.63, 3.8) is 0 Å². The Balaban J connectivity index is 1.25. The lowest BCUT2D eigenvalue weighted by Crippen LogP contribution is -2.08. The highest BCUT2D eigenvalue weighted by atomic mass is 32.2. The number of aromatic hydroxyl groups is 1. The van der Waals surface area contributed by atoms with Crippen LogP contribution in [0.1, 0.15) is 42.0 Å². The molecular formula is C46H41N11O21S8. The van der Waals surface area contributed by atoms with Crippen LogP contribution in [0.15, 0.2) is 110 Å². The fraction of sp³-hybridized carbons (Fsp3) is 0.217. The molecule has 3 heterocycles. The third kappa shape index (κ3) is 14.4. The molecule has 0 saturated carbocycles. The molecule has 40 heteroatoms. The Hall–Kier alpha value is -7.63. The number of fused-ring (bicyclic) bond motifs is 6. The number of aryl methyl sites for hydroxylation is 2. The Morgan fingerprint density at radius 1 is 0.686 bits per heavy atom. The summed E-state index contributed by atoms with van der Waals surface area (Å²) in [5.41, 5.74) is -1.46. The van der Waals surface area contributed by atoms with Gasteiger partial charge in [0.25, 0.3) is 60.7 Å². The minimum atomic E-state index is -5.36. The summed E-state index contributed by atoms with van der Waals surface area (Å²) in [6, 6.07) is 11.4. The van der Waals surface area contributed by atoms with E-state index < -0.39 is 125 Å². The molecule has 0 atom stereocenters. The highest BCUT2D eigenvalue weighted by Crippen LogP contribution is 2.46. The number of nitriles is 1. The summed E-state index contributed by atoms with van der Waals surface area (Å²) >= 11 is 1.41. The number of pyridine rings is 1. The summed E-state index contributed by atoms with van der Waals surface area (Å²) in [6.45, 7) is 5.18. The van der Waals surface area contributed by atoms with Crippen molar-refractivity contribution in [3.05, 3.63) is 76.9 Å². The molecule has 0 bridgehead atoms. The first-order chi connectivity index (χ1) is 39.8. The second-order valence-electron chi connectivity index (χ2n) is 18.4. The predicted molar refractivity (Wildman–Crippen MR) is 308 cm³/mol. The standard InChI is InChI=1S/C46H41N11O21S8/c1-21-11-34-42(39(12-21)86(75,76)77)57-44(49-34)28(20-47)23(3)40(45(57)59)55-53-32-13-22(2)29(18-35(32)78-7-5-9-81(60,61)62)51-54-33-17-30(48-24(4)58)31(19-36(33)79-8-6-10-82(63,64)65)52-56-46-50-41-38(85(72,73)74)16-26-27(43(41)80-46)14-25(83(66,67)68)15-37(26)84(69,70)71/h11-19,59H,5-10H2,1-4H3,(H,48,58)(H,60,61,62)(H,63,64,65)(H,66,67,68)(H,69,70,71)(H,72,73,74)(H,75,76,77). The Bertz CT molecular complexity index is 5080. The molecule has 3 aromatic heterocycles. The molecule has 32 nitrogen and oxygen atoms in total. The second kappa shape index (κ2) is 23.9. The number of hydrogen-bond donors (Lipinski definition) is 8. The molecule has 0 fully saturated rings. The molecule has 0 unspecified atom stereocenters. The van der Waals surface area contributed by atoms with Crippen molar-refractivity contribution in [2.24, 2.45) is 30.7 Å². The number of rotatable bonds is 21. The van der Waals surface area contributed by atoms with Gasteiger partial charge in [0.1, 0.15) is 54.6 Å². The predicted octanol–water partition coefficient (Wildman–Crippen LogP) is 8.97. The van der Waals surface area contributed by atoms with E-state index >= 15 is 0 Å². The lowest BCUT2D eigenvalue weighted by molar-refractivity contribution is -0.114. The molecule has 0 radical (unpaired) electrons. The number of carbonyl (C=O) groups excluding carboxylic acids is 1. The van der Waals surface area contributed by atoms with Gasteiger partial charge in [0.2, 0.25) is 16.9 Å². The number of aromatic nitrogens is 3. The van der Waals surface area contributed by atoms with Crippen molar-refractivity contribution in [3.8, 4) is 17.7 Å². The molecule has 0 saturated heterocycles. The molecule has 0 aliphatic rings. The molecule has 86 heavy (non-hydrogen) atoms. The van der Waals surface area contributed by atoms with Crippen LogP contribution in [0.25, 0.3) is 37.7 Å². The summed E-state index contributed by atoms with van der Waals surface area (Å²) in [5.74, 6) is -3.06. The van der Waals surface area contributed by atoms with E-state index in [1.54, 1.807) is 0 Å². The number of nitrogens with zero attached hydrogens (tertiary/aromatic N) is 10. The molecule has 5 aromatic carbocycles. The van der Waals surface area contributed by atoms with E-state index in [1.165, 1.54) is 51.1 Å². The largest absolute Gasteiger partial charge is 0.493 e. The van der Waals surface area contributed by atoms with Crippen LogP contribution in [0, 0.1) is 32.1 Å². The zero-order valence-corrected chi connectivity index (χ0v) is 50.6. The third-order valence-corrected chi connectivity index (χ3v) is 19.2. The molecule has 454 valence electrons. The van der Waals surface area contributed by atoms with Crippen LogP contribution in [-0.2, 0) is 65.5 Å². The summed E-state index contributed by atoms with van der Waals surface area (Å²) in [5, 5.41) is 48.5. The molecular weight excluding hydrogens is 1300 g/mol. The lowest BCUT2D eigenvalue weighted by Gasteiger charge is -2.13. The number of nitrogens with one attached hydrogen (secondary N) is 1. The zero-order valence-electron chi connectivity index (χ0n) is 44.0. The molecule has 8 N–H and O–H groups in total. The fourth-order valence-electron chi connectivity index (χ4n) is 8.33. The van der Waals surface area contributed by atoms with Crippen molar-refractivity contribution in [1.29, 1.82) is 5.26 Å². The van der Waals surface area contributed by atoms with Gasteiger partial charge in [-0.25, -0.2) is 9.97 Å². The highest BCUT2D eigenvalue weighted by molar-refractivity contribution is 7.99. The van der Waals surface area contributed by atoms with E-state index in [-0.39, 0.29) is 108 Å². The summed E-state index contributed by atoms with van der Waals surface area (Å²) in [4.78, 5) is 17.4. The third-order valence-electron chi connectivity index (χ3n) is 12.0. The first-order valence-corrected chi connectivity index (χ1v) is 34.5. The van der Waals surface area contributed by atoms with Crippen LogP contribution >= 0.6 is 23.1 Å². The van der Waals surface area contributed by atoms with Gasteiger partial charge in [-0.1, -0.05) is 11.3 Å². The van der Waals surface area contributed by atoms with Gasteiger partial charge in [0.15, 0.2) is 11.3 Å². The zero-order chi connectivity index (χ0) is 63.4. The van der Waals surface area contributed by atoms with Gasteiger partial charge < -0.3 is 15.2 Å². The number of azo groups is 3. The number of amides is 1. The number of thioether (sulfide) groups is 1. The van der Waals surface area contributed by atoms with E-state index in [0.717, 1.165) is 35.2 Å². The van der Waals surface area contributed by atoms with Crippen LogP contribution in [0.2, 0.25) is 0 Å². The molecule has 8 aromatic rings. The average molecular weight is 1340 g/mol. The molecule has 0 aliphatic heterocycles. The normalized spacial score (nSPS) is 13.1. The first kappa shape index (κ1) is 64.4. The number of anilines is 1. The molecule has 0 spiro atoms. The van der Waals surface area contributed by atoms with E-state index in [1.807, 2.05) is 6.07 Å². The molecule has 1 amide bonds. The number of carbonyl (C=O) groups is 1. The van der Waals surface area contributed by atoms with Gasteiger partial charge in [-0.2, -0.15) is 60.9 Å². The van der Waals surface area contributed by atoms with Gasteiger partial charge in [0.05, 0.1) is 50.1 Å². The first-order valence-electron chi connectivity index (χ1n) is 23.7. The van der Waals surface area contributed by atoms with Gasteiger partial charge in [-0.05, 0) is 99.0 Å². The number of benzene rings is 5. The minimum Gasteiger partial charge on any atom is -0.493 e. The molecule has 8 rings (SSSR count). The summed E-state index contributed by atoms with van der Waals surface area (Å²) in [6.07, 6.45) is -0.407. The van der Waals surface area contributed by atoms with E-state index in [4.69, 9.17) is 4.74 Å². The fourth-order valence-corrected chi connectivity index (χ4v) is 14.2. The van der Waals surface area contributed by atoms with Crippen molar-refractivity contribution in [2.75, 3.05) is 29.2 Å². The Morgan fingerprint density at radius 3 is 1.93 bits per heavy atom. The SMILES string of the molecule is CC(=O)Nc1cc(N=Nc2cc(OCCCS(=O)(=O)O)c(N=Nc3c(C)c(C#N)c4nc5cc(C)cc(S(=O)(=O)O)c5n4c3O)cc2C)c(SCCCS(=O)(=O)O)cc1N=Nc1nc2c(S(=O)(=O)O)cc3c(S(=O)(=O)O)cc(S(=O)(=O)O)cc3c2s1. The Morgan fingerprint density at radius 2 is 1.31 bits per heavy atom. The summed E-state index contributed by atoms with van der Waals surface area (Å²) in [7, 11) is -29.7. The number of hydrogen-bond acceptors (Lipinski definition) is 26. The van der Waals surface area contributed by atoms with Crippen molar-refractivity contribution in [2.45, 2.75) is 65.0 Å². The smallest absolute Gasteiger partial charge is 0.296 e. The van der Waals surface area contributed by atoms with E-state index in [0.29, 0.717) is 29.0 Å². The van der Waals surface area contributed by atoms with Gasteiger partial charge >= 0.3 is 0 Å². The van der Waals surface area contributed by atoms with Crippen LogP contribution in [0.3, 0.4) is 0 Å². The maximum atomic E-state index is 12.7. The number of ether oxygens (including phenoxy) is 1. The van der Waals surface area contributed by atoms with Gasteiger partial charge in [0, 0.05) is 34.2 Å². The van der Waals surface area contributed by atoms with Crippen LogP contribution in [0.5, 0.6) is 11.6 Å². The topological polar surface area (TPSA) is 513 Å². The van der Waals surface area contributed by atoms with E-state index in [2.05, 4.69) is 46.0 Å². The quantitative estimate of drug-likeness (QED) is 0.0144.